The number of pyridine rings is 1. The Hall–Kier alpha value is -3.64. The molecule has 0 aliphatic rings. The van der Waals surface area contributed by atoms with Gasteiger partial charge in [0.25, 0.3) is 0 Å². The molecule has 2 unspecified atom stereocenters. The van der Waals surface area contributed by atoms with Crippen LogP contribution in [0.25, 0.3) is 11.1 Å². The van der Waals surface area contributed by atoms with Crippen LogP contribution in [0, 0.1) is 4.91 Å². The fourth-order valence-electron chi connectivity index (χ4n) is 4.00. The lowest BCUT2D eigenvalue weighted by Gasteiger charge is -2.21. The molecule has 0 spiro atoms. The molecule has 4 aromatic rings. The number of benzene rings is 3. The maximum Gasteiger partial charge on any atom is 0.175 e. The second-order valence-corrected chi connectivity index (χ2v) is 10.0. The van der Waals surface area contributed by atoms with Crippen molar-refractivity contribution in [3.05, 3.63) is 125 Å². The molecule has 0 aliphatic heterocycles. The summed E-state index contributed by atoms with van der Waals surface area (Å²) in [6, 6.07) is 28.3. The summed E-state index contributed by atoms with van der Waals surface area (Å²) in [6.07, 6.45) is 5.09. The zero-order chi connectivity index (χ0) is 23.3. The number of aromatic nitrogens is 1. The smallest absolute Gasteiger partial charge is 0.175 e. The van der Waals surface area contributed by atoms with Crippen molar-refractivity contribution in [3.8, 4) is 11.1 Å². The zero-order valence-electron chi connectivity index (χ0n) is 18.2. The quantitative estimate of drug-likeness (QED) is 0.297. The fourth-order valence-corrected chi connectivity index (χ4v) is 4.63. The van der Waals surface area contributed by atoms with Gasteiger partial charge in [-0.15, -0.1) is 0 Å². The van der Waals surface area contributed by atoms with Crippen LogP contribution in [0.2, 0.25) is 0 Å². The average Bonchev–Trinajstić information content (AvgIpc) is 2.86. The van der Waals surface area contributed by atoms with Crippen LogP contribution in [0.5, 0.6) is 0 Å². The minimum absolute atomic E-state index is 0.0104. The average molecular weight is 457 g/mol. The lowest BCUT2D eigenvalue weighted by atomic mass is 9.84. The minimum Gasteiger partial charge on any atom is -0.265 e. The Kier molecular flexibility index (Phi) is 6.75. The molecule has 0 N–H and O–H groups in total. The molecule has 0 amide bonds. The van der Waals surface area contributed by atoms with Crippen molar-refractivity contribution in [3.63, 3.8) is 0 Å². The molecule has 1 aromatic heterocycles. The number of hydrogen-bond acceptors (Lipinski definition) is 5. The van der Waals surface area contributed by atoms with Gasteiger partial charge in [-0.1, -0.05) is 71.9 Å². The van der Waals surface area contributed by atoms with E-state index in [0.29, 0.717) is 11.3 Å². The Morgan fingerprint density at radius 2 is 1.27 bits per heavy atom. The monoisotopic (exact) mass is 456 g/mol. The summed E-state index contributed by atoms with van der Waals surface area (Å²) in [5, 5.41) is 3.42. The van der Waals surface area contributed by atoms with Gasteiger partial charge in [-0.25, -0.2) is 8.42 Å². The van der Waals surface area contributed by atoms with Gasteiger partial charge in [-0.2, -0.15) is 4.91 Å². The number of nitroso groups, excluding NO2 is 1. The van der Waals surface area contributed by atoms with Gasteiger partial charge in [-0.3, -0.25) is 4.98 Å². The molecule has 1 heterocycles. The zero-order valence-corrected chi connectivity index (χ0v) is 19.0. The largest absolute Gasteiger partial charge is 0.265 e. The van der Waals surface area contributed by atoms with E-state index in [1.807, 2.05) is 54.6 Å². The minimum atomic E-state index is -3.23. The standard InChI is InChI=1S/C27H24N2O3S/c1-33(31,32)25-13-11-21(12-14-25)20-7-9-23(10-8-20)26(22-5-3-2-4-6-22)19-27(29-30)24-15-17-28-18-16-24/h2-18,26-27H,19H2,1H3. The predicted octanol–water partition coefficient (Wildman–Crippen LogP) is 6.18. The summed E-state index contributed by atoms with van der Waals surface area (Å²) in [5.41, 5.74) is 4.98. The second-order valence-electron chi connectivity index (χ2n) is 8.02. The molecule has 166 valence electrons. The Labute approximate surface area is 194 Å². The number of rotatable bonds is 8. The van der Waals surface area contributed by atoms with Crippen LogP contribution in [-0.2, 0) is 9.84 Å². The molecular weight excluding hydrogens is 432 g/mol. The molecule has 33 heavy (non-hydrogen) atoms. The fraction of sp³-hybridized carbons (Fsp3) is 0.148. The number of hydrogen-bond donors (Lipinski definition) is 0. The first kappa shape index (κ1) is 22.6. The van der Waals surface area contributed by atoms with E-state index in [9.17, 15) is 13.3 Å². The van der Waals surface area contributed by atoms with Gasteiger partial charge >= 0.3 is 0 Å². The number of sulfone groups is 1. The first-order valence-corrected chi connectivity index (χ1v) is 12.5. The van der Waals surface area contributed by atoms with Crippen LogP contribution < -0.4 is 0 Å². The molecule has 6 heteroatoms. The summed E-state index contributed by atoms with van der Waals surface area (Å²) in [6.45, 7) is 0. The molecule has 3 aromatic carbocycles. The molecule has 0 saturated carbocycles. The molecule has 0 fully saturated rings. The highest BCUT2D eigenvalue weighted by atomic mass is 32.2. The van der Waals surface area contributed by atoms with Crippen LogP contribution in [-0.4, -0.2) is 19.7 Å². The highest BCUT2D eigenvalue weighted by Crippen LogP contribution is 2.36. The van der Waals surface area contributed by atoms with E-state index in [2.05, 4.69) is 34.4 Å². The van der Waals surface area contributed by atoms with E-state index in [4.69, 9.17) is 0 Å². The molecule has 5 nitrogen and oxygen atoms in total. The molecule has 0 aliphatic carbocycles. The van der Waals surface area contributed by atoms with Gasteiger partial charge < -0.3 is 0 Å². The first-order chi connectivity index (χ1) is 16.0. The Bertz CT molecular complexity index is 1310. The van der Waals surface area contributed by atoms with E-state index in [1.54, 1.807) is 24.5 Å². The van der Waals surface area contributed by atoms with Crippen molar-refractivity contribution in [1.29, 1.82) is 0 Å². The SMILES string of the molecule is CS(=O)(=O)c1ccc(-c2ccc(C(CC(N=O)c3ccncc3)c3ccccc3)cc2)cc1. The molecule has 0 saturated heterocycles. The third kappa shape index (κ3) is 5.41. The predicted molar refractivity (Wildman–Crippen MR) is 131 cm³/mol. The van der Waals surface area contributed by atoms with E-state index in [0.717, 1.165) is 27.8 Å². The summed E-state index contributed by atoms with van der Waals surface area (Å²) in [5.74, 6) is -0.0104. The van der Waals surface area contributed by atoms with Gasteiger partial charge in [0.05, 0.1) is 4.90 Å². The number of nitrogens with zero attached hydrogens (tertiary/aromatic N) is 2. The Morgan fingerprint density at radius 1 is 0.727 bits per heavy atom. The second kappa shape index (κ2) is 9.88. The molecule has 4 rings (SSSR count). The van der Waals surface area contributed by atoms with Gasteiger partial charge in [0.2, 0.25) is 0 Å². The maximum atomic E-state index is 11.7. The van der Waals surface area contributed by atoms with Gasteiger partial charge in [-0.05, 0) is 58.5 Å². The van der Waals surface area contributed by atoms with E-state index >= 15 is 0 Å². The van der Waals surface area contributed by atoms with Crippen molar-refractivity contribution in [1.82, 2.24) is 4.98 Å². The lowest BCUT2D eigenvalue weighted by Crippen LogP contribution is -2.07. The van der Waals surface area contributed by atoms with Crippen molar-refractivity contribution in [2.24, 2.45) is 5.18 Å². The first-order valence-electron chi connectivity index (χ1n) is 10.6. The normalized spacial score (nSPS) is 13.2. The summed E-state index contributed by atoms with van der Waals surface area (Å²) < 4.78 is 23.4. The van der Waals surface area contributed by atoms with Gasteiger partial charge in [0, 0.05) is 24.6 Å². The van der Waals surface area contributed by atoms with Crippen LogP contribution in [0.1, 0.15) is 35.1 Å². The summed E-state index contributed by atoms with van der Waals surface area (Å²) >= 11 is 0. The van der Waals surface area contributed by atoms with Crippen molar-refractivity contribution < 1.29 is 8.42 Å². The topological polar surface area (TPSA) is 76.5 Å². The molecule has 2 atom stereocenters. The third-order valence-corrected chi connectivity index (χ3v) is 6.94. The van der Waals surface area contributed by atoms with Crippen LogP contribution in [0.15, 0.2) is 113 Å². The highest BCUT2D eigenvalue weighted by molar-refractivity contribution is 7.90. The Balaban J connectivity index is 1.64. The molecular formula is C27H24N2O3S. The van der Waals surface area contributed by atoms with Gasteiger partial charge in [0.1, 0.15) is 6.04 Å². The maximum absolute atomic E-state index is 11.7. The highest BCUT2D eigenvalue weighted by Gasteiger charge is 2.22. The van der Waals surface area contributed by atoms with E-state index < -0.39 is 15.9 Å². The van der Waals surface area contributed by atoms with E-state index in [1.165, 1.54) is 6.26 Å². The molecule has 0 radical (unpaired) electrons. The van der Waals surface area contributed by atoms with Gasteiger partial charge in [0.15, 0.2) is 9.84 Å². The third-order valence-electron chi connectivity index (χ3n) is 5.81. The van der Waals surface area contributed by atoms with Crippen LogP contribution in [0.3, 0.4) is 0 Å². The Morgan fingerprint density at radius 3 is 1.82 bits per heavy atom. The molecule has 0 bridgehead atoms. The van der Waals surface area contributed by atoms with E-state index in [-0.39, 0.29) is 5.92 Å². The van der Waals surface area contributed by atoms with Crippen LogP contribution >= 0.6 is 0 Å². The van der Waals surface area contributed by atoms with Crippen LogP contribution in [0.4, 0.5) is 0 Å². The van der Waals surface area contributed by atoms with Crippen molar-refractivity contribution in [2.75, 3.05) is 6.26 Å². The van der Waals surface area contributed by atoms with Crippen molar-refractivity contribution >= 4 is 9.84 Å². The summed E-state index contributed by atoms with van der Waals surface area (Å²) in [4.78, 5) is 16.1. The van der Waals surface area contributed by atoms with Crippen molar-refractivity contribution in [2.45, 2.75) is 23.3 Å². The lowest BCUT2D eigenvalue weighted by molar-refractivity contribution is 0.594. The summed E-state index contributed by atoms with van der Waals surface area (Å²) in [7, 11) is -3.23.